The van der Waals surface area contributed by atoms with Crippen molar-refractivity contribution in [2.45, 2.75) is 18.8 Å². The van der Waals surface area contributed by atoms with Gasteiger partial charge in [-0.15, -0.1) is 0 Å². The molecule has 1 aromatic heterocycles. The Balaban J connectivity index is 1.76. The summed E-state index contributed by atoms with van der Waals surface area (Å²) < 4.78 is 10.5. The second-order valence-electron chi connectivity index (χ2n) is 4.62. The first-order valence-corrected chi connectivity index (χ1v) is 6.16. The SMILES string of the molecule is COc1ccccc1Cc1noc(C2CC2C#N)n1. The molecule has 5 heteroatoms. The van der Waals surface area contributed by atoms with Crippen LogP contribution >= 0.6 is 0 Å². The van der Waals surface area contributed by atoms with Crippen LogP contribution in [0, 0.1) is 17.2 Å². The summed E-state index contributed by atoms with van der Waals surface area (Å²) in [6.45, 7) is 0. The summed E-state index contributed by atoms with van der Waals surface area (Å²) in [7, 11) is 1.64. The molecule has 0 saturated heterocycles. The summed E-state index contributed by atoms with van der Waals surface area (Å²) in [5, 5.41) is 12.8. The van der Waals surface area contributed by atoms with Gasteiger partial charge in [0.2, 0.25) is 5.89 Å². The molecule has 1 aromatic carbocycles. The predicted molar refractivity (Wildman–Crippen MR) is 66.6 cm³/mol. The van der Waals surface area contributed by atoms with Gasteiger partial charge in [-0.3, -0.25) is 0 Å². The van der Waals surface area contributed by atoms with Gasteiger partial charge in [0.15, 0.2) is 5.82 Å². The van der Waals surface area contributed by atoms with Crippen molar-refractivity contribution in [3.05, 3.63) is 41.5 Å². The highest BCUT2D eigenvalue weighted by Crippen LogP contribution is 2.46. The summed E-state index contributed by atoms with van der Waals surface area (Å²) >= 11 is 0. The number of rotatable bonds is 4. The quantitative estimate of drug-likeness (QED) is 0.838. The molecule has 0 aliphatic heterocycles. The lowest BCUT2D eigenvalue weighted by Gasteiger charge is -2.04. The maximum atomic E-state index is 8.79. The Kier molecular flexibility index (Phi) is 2.92. The van der Waals surface area contributed by atoms with E-state index in [2.05, 4.69) is 16.2 Å². The van der Waals surface area contributed by atoms with Gasteiger partial charge >= 0.3 is 0 Å². The van der Waals surface area contributed by atoms with Crippen LogP contribution in [-0.2, 0) is 6.42 Å². The Labute approximate surface area is 110 Å². The molecule has 0 amide bonds. The molecule has 2 aromatic rings. The fourth-order valence-corrected chi connectivity index (χ4v) is 2.12. The third-order valence-electron chi connectivity index (χ3n) is 3.30. The summed E-state index contributed by atoms with van der Waals surface area (Å²) in [4.78, 5) is 4.36. The van der Waals surface area contributed by atoms with Crippen LogP contribution in [0.1, 0.15) is 29.6 Å². The molecule has 0 radical (unpaired) electrons. The molecule has 5 nitrogen and oxygen atoms in total. The van der Waals surface area contributed by atoms with E-state index in [-0.39, 0.29) is 11.8 Å². The summed E-state index contributed by atoms with van der Waals surface area (Å²) in [6.07, 6.45) is 1.39. The topological polar surface area (TPSA) is 71.9 Å². The average molecular weight is 255 g/mol. The van der Waals surface area contributed by atoms with Gasteiger partial charge in [0, 0.05) is 12.0 Å². The van der Waals surface area contributed by atoms with Gasteiger partial charge in [-0.2, -0.15) is 10.2 Å². The van der Waals surface area contributed by atoms with E-state index in [1.165, 1.54) is 0 Å². The molecule has 2 unspecified atom stereocenters. The summed E-state index contributed by atoms with van der Waals surface area (Å²) in [5.74, 6) is 2.19. The van der Waals surface area contributed by atoms with Crippen molar-refractivity contribution >= 4 is 0 Å². The number of hydrogen-bond donors (Lipinski definition) is 0. The minimum Gasteiger partial charge on any atom is -0.496 e. The Morgan fingerprint density at radius 2 is 2.32 bits per heavy atom. The molecular weight excluding hydrogens is 242 g/mol. The first-order chi connectivity index (χ1) is 9.31. The number of benzene rings is 1. The number of nitriles is 1. The highest BCUT2D eigenvalue weighted by molar-refractivity contribution is 5.35. The van der Waals surface area contributed by atoms with Crippen LogP contribution in [0.15, 0.2) is 28.8 Å². The summed E-state index contributed by atoms with van der Waals surface area (Å²) in [6, 6.07) is 9.97. The molecule has 19 heavy (non-hydrogen) atoms. The van der Waals surface area contributed by atoms with Gasteiger partial charge in [-0.05, 0) is 12.5 Å². The van der Waals surface area contributed by atoms with E-state index >= 15 is 0 Å². The zero-order valence-electron chi connectivity index (χ0n) is 10.5. The lowest BCUT2D eigenvalue weighted by Crippen LogP contribution is -1.95. The van der Waals surface area contributed by atoms with Crippen molar-refractivity contribution in [2.75, 3.05) is 7.11 Å². The van der Waals surface area contributed by atoms with Crippen molar-refractivity contribution < 1.29 is 9.26 Å². The second-order valence-corrected chi connectivity index (χ2v) is 4.62. The molecule has 0 N–H and O–H groups in total. The van der Waals surface area contributed by atoms with Gasteiger partial charge < -0.3 is 9.26 Å². The fraction of sp³-hybridized carbons (Fsp3) is 0.357. The van der Waals surface area contributed by atoms with Gasteiger partial charge in [-0.1, -0.05) is 23.4 Å². The Hall–Kier alpha value is -2.35. The van der Waals surface area contributed by atoms with E-state index in [9.17, 15) is 0 Å². The monoisotopic (exact) mass is 255 g/mol. The number of methoxy groups -OCH3 is 1. The zero-order valence-corrected chi connectivity index (χ0v) is 10.5. The van der Waals surface area contributed by atoms with E-state index in [0.29, 0.717) is 18.1 Å². The molecule has 1 aliphatic carbocycles. The number of nitrogens with zero attached hydrogens (tertiary/aromatic N) is 3. The lowest BCUT2D eigenvalue weighted by atomic mass is 10.1. The minimum atomic E-state index is 0.0413. The highest BCUT2D eigenvalue weighted by atomic mass is 16.5. The molecule has 1 aliphatic rings. The van der Waals surface area contributed by atoms with E-state index in [1.54, 1.807) is 7.11 Å². The van der Waals surface area contributed by atoms with E-state index in [1.807, 2.05) is 24.3 Å². The molecule has 0 spiro atoms. The average Bonchev–Trinajstić information content (AvgIpc) is 3.11. The van der Waals surface area contributed by atoms with Gasteiger partial charge in [-0.25, -0.2) is 0 Å². The Morgan fingerprint density at radius 1 is 1.47 bits per heavy atom. The van der Waals surface area contributed by atoms with Gasteiger partial charge in [0.1, 0.15) is 5.75 Å². The standard InChI is InChI=1S/C14H13N3O2/c1-18-12-5-3-2-4-9(12)7-13-16-14(19-17-13)11-6-10(11)8-15/h2-5,10-11H,6-7H2,1H3. The van der Waals surface area contributed by atoms with Crippen LogP contribution in [0.4, 0.5) is 0 Å². The third kappa shape index (κ3) is 2.29. The van der Waals surface area contributed by atoms with Crippen LogP contribution in [0.3, 0.4) is 0 Å². The predicted octanol–water partition coefficient (Wildman–Crippen LogP) is 2.30. The molecule has 96 valence electrons. The summed E-state index contributed by atoms with van der Waals surface area (Å²) in [5.41, 5.74) is 1.02. The molecule has 1 saturated carbocycles. The normalized spacial score (nSPS) is 20.8. The van der Waals surface area contributed by atoms with Crippen LogP contribution in [0.5, 0.6) is 5.75 Å². The van der Waals surface area contributed by atoms with E-state index in [4.69, 9.17) is 14.5 Å². The largest absolute Gasteiger partial charge is 0.496 e. The molecule has 2 atom stereocenters. The Morgan fingerprint density at radius 3 is 3.05 bits per heavy atom. The molecule has 0 bridgehead atoms. The smallest absolute Gasteiger partial charge is 0.231 e. The zero-order chi connectivity index (χ0) is 13.2. The first-order valence-electron chi connectivity index (χ1n) is 6.16. The van der Waals surface area contributed by atoms with E-state index in [0.717, 1.165) is 17.7 Å². The number of ether oxygens (including phenoxy) is 1. The molecule has 3 rings (SSSR count). The molecule has 1 heterocycles. The maximum absolute atomic E-state index is 8.79. The second kappa shape index (κ2) is 4.73. The van der Waals surface area contributed by atoms with Crippen LogP contribution < -0.4 is 4.74 Å². The minimum absolute atomic E-state index is 0.0413. The number of para-hydroxylation sites is 1. The molecular formula is C14H13N3O2. The van der Waals surface area contributed by atoms with Gasteiger partial charge in [0.25, 0.3) is 0 Å². The van der Waals surface area contributed by atoms with Crippen molar-refractivity contribution in [2.24, 2.45) is 5.92 Å². The van der Waals surface area contributed by atoms with Crippen LogP contribution in [-0.4, -0.2) is 17.3 Å². The van der Waals surface area contributed by atoms with Crippen molar-refractivity contribution in [1.82, 2.24) is 10.1 Å². The number of aromatic nitrogens is 2. The van der Waals surface area contributed by atoms with Crippen molar-refractivity contribution in [1.29, 1.82) is 5.26 Å². The molecule has 1 fully saturated rings. The lowest BCUT2D eigenvalue weighted by molar-refractivity contribution is 0.372. The first kappa shape index (κ1) is 11.7. The van der Waals surface area contributed by atoms with Crippen LogP contribution in [0.25, 0.3) is 0 Å². The van der Waals surface area contributed by atoms with E-state index < -0.39 is 0 Å². The third-order valence-corrected chi connectivity index (χ3v) is 3.30. The van der Waals surface area contributed by atoms with Gasteiger partial charge in [0.05, 0.1) is 25.0 Å². The maximum Gasteiger partial charge on any atom is 0.231 e. The highest BCUT2D eigenvalue weighted by Gasteiger charge is 2.43. The van der Waals surface area contributed by atoms with Crippen molar-refractivity contribution in [3.63, 3.8) is 0 Å². The number of hydrogen-bond acceptors (Lipinski definition) is 5. The van der Waals surface area contributed by atoms with Crippen LogP contribution in [0.2, 0.25) is 0 Å². The Bertz CT molecular complexity index is 630. The van der Waals surface area contributed by atoms with Crippen molar-refractivity contribution in [3.8, 4) is 11.8 Å². The fourth-order valence-electron chi connectivity index (χ4n) is 2.12.